The smallest absolute Gasteiger partial charge is 0.208 e. The van der Waals surface area contributed by atoms with Crippen LogP contribution >= 0.6 is 0 Å². The Labute approximate surface area is 181 Å². The van der Waals surface area contributed by atoms with Crippen LogP contribution < -0.4 is 5.32 Å². The van der Waals surface area contributed by atoms with Crippen LogP contribution in [0.15, 0.2) is 66.7 Å². The first-order valence-corrected chi connectivity index (χ1v) is 10.6. The lowest BCUT2D eigenvalue weighted by Gasteiger charge is -2.20. The number of benzene rings is 3. The van der Waals surface area contributed by atoms with Crippen molar-refractivity contribution in [2.75, 3.05) is 18.4 Å². The van der Waals surface area contributed by atoms with Crippen LogP contribution in [0.4, 0.5) is 16.0 Å². The van der Waals surface area contributed by atoms with Crippen molar-refractivity contribution >= 4 is 22.7 Å². The summed E-state index contributed by atoms with van der Waals surface area (Å²) in [6.07, 6.45) is 0. The summed E-state index contributed by atoms with van der Waals surface area (Å²) in [6.45, 7) is 7.27. The van der Waals surface area contributed by atoms with E-state index in [1.54, 1.807) is 12.1 Å². The average molecular weight is 419 g/mol. The van der Waals surface area contributed by atoms with Gasteiger partial charge in [-0.05, 0) is 49.0 Å². The number of rotatable bonds is 8. The highest BCUT2D eigenvalue weighted by Gasteiger charge is 2.15. The molecule has 1 heterocycles. The van der Waals surface area contributed by atoms with Gasteiger partial charge in [-0.25, -0.2) is 9.37 Å². The number of imidazole rings is 1. The first-order valence-electron chi connectivity index (χ1n) is 10.6. The van der Waals surface area contributed by atoms with Gasteiger partial charge in [0.05, 0.1) is 23.3 Å². The number of halogens is 1. The molecule has 0 spiro atoms. The van der Waals surface area contributed by atoms with E-state index in [9.17, 15) is 9.50 Å². The summed E-state index contributed by atoms with van der Waals surface area (Å²) in [4.78, 5) is 6.99. The molecule has 4 rings (SSSR count). The molecule has 0 amide bonds. The molecule has 3 aromatic carbocycles. The molecule has 0 aliphatic carbocycles. The second kappa shape index (κ2) is 9.18. The number of fused-ring (bicyclic) bond motifs is 1. The fourth-order valence-corrected chi connectivity index (χ4v) is 3.73. The fraction of sp³-hybridized carbons (Fsp3) is 0.240. The second-order valence-corrected chi connectivity index (χ2v) is 7.54. The molecule has 0 atom stereocenters. The normalized spacial score (nSPS) is 11.4. The highest BCUT2D eigenvalue weighted by Crippen LogP contribution is 2.32. The summed E-state index contributed by atoms with van der Waals surface area (Å²) in [6, 6.07) is 20.1. The van der Waals surface area contributed by atoms with E-state index < -0.39 is 0 Å². The standard InChI is InChI=1S/C25H27FN4O/c1-3-29(4-2)17-19-8-7-10-22(24(19)31)28-25-27-21-9-5-6-11-23(21)30(25)16-18-12-14-20(26)15-13-18/h5-15,31H,3-4,16-17H2,1-2H3,(H,27,28). The number of nitrogens with one attached hydrogen (secondary N) is 1. The molecule has 0 aliphatic rings. The number of phenols is 1. The molecule has 0 saturated carbocycles. The van der Waals surface area contributed by atoms with E-state index in [0.29, 0.717) is 24.7 Å². The Balaban J connectivity index is 1.69. The minimum atomic E-state index is -0.257. The maximum absolute atomic E-state index is 13.3. The largest absolute Gasteiger partial charge is 0.505 e. The van der Waals surface area contributed by atoms with Gasteiger partial charge in [0.25, 0.3) is 0 Å². The lowest BCUT2D eigenvalue weighted by atomic mass is 10.1. The summed E-state index contributed by atoms with van der Waals surface area (Å²) in [7, 11) is 0. The summed E-state index contributed by atoms with van der Waals surface area (Å²) in [5.74, 6) is 0.600. The fourth-order valence-electron chi connectivity index (χ4n) is 3.73. The molecule has 0 saturated heterocycles. The number of aromatic nitrogens is 2. The molecule has 4 aromatic rings. The first kappa shape index (κ1) is 20.9. The maximum Gasteiger partial charge on any atom is 0.208 e. The average Bonchev–Trinajstić information content (AvgIpc) is 3.13. The Morgan fingerprint density at radius 1 is 0.968 bits per heavy atom. The van der Waals surface area contributed by atoms with Crippen LogP contribution in [-0.2, 0) is 13.1 Å². The summed E-state index contributed by atoms with van der Waals surface area (Å²) >= 11 is 0. The van der Waals surface area contributed by atoms with Gasteiger partial charge in [0.2, 0.25) is 5.95 Å². The quantitative estimate of drug-likeness (QED) is 0.370. The van der Waals surface area contributed by atoms with Gasteiger partial charge in [-0.3, -0.25) is 4.90 Å². The van der Waals surface area contributed by atoms with E-state index in [1.807, 2.05) is 47.0 Å². The monoisotopic (exact) mass is 418 g/mol. The lowest BCUT2D eigenvalue weighted by molar-refractivity contribution is 0.291. The van der Waals surface area contributed by atoms with Crippen molar-refractivity contribution < 1.29 is 9.50 Å². The maximum atomic E-state index is 13.3. The Bertz CT molecular complexity index is 1170. The van der Waals surface area contributed by atoms with Gasteiger partial charge in [0.15, 0.2) is 0 Å². The third-order valence-corrected chi connectivity index (χ3v) is 5.56. The van der Waals surface area contributed by atoms with Crippen molar-refractivity contribution in [1.82, 2.24) is 14.5 Å². The number of anilines is 2. The Kier molecular flexibility index (Phi) is 6.18. The molecule has 31 heavy (non-hydrogen) atoms. The van der Waals surface area contributed by atoms with Crippen molar-refractivity contribution in [3.63, 3.8) is 0 Å². The molecular weight excluding hydrogens is 391 g/mol. The second-order valence-electron chi connectivity index (χ2n) is 7.54. The molecule has 0 bridgehead atoms. The van der Waals surface area contributed by atoms with E-state index >= 15 is 0 Å². The number of para-hydroxylation sites is 3. The van der Waals surface area contributed by atoms with Gasteiger partial charge in [0.1, 0.15) is 11.6 Å². The minimum absolute atomic E-state index is 0.231. The van der Waals surface area contributed by atoms with Crippen LogP contribution in [0.3, 0.4) is 0 Å². The predicted octanol–water partition coefficient (Wildman–Crippen LogP) is 5.51. The topological polar surface area (TPSA) is 53.3 Å². The number of hydrogen-bond acceptors (Lipinski definition) is 4. The van der Waals surface area contributed by atoms with Crippen LogP contribution in [0.25, 0.3) is 11.0 Å². The van der Waals surface area contributed by atoms with Crippen molar-refractivity contribution in [3.05, 3.63) is 83.7 Å². The van der Waals surface area contributed by atoms with Crippen LogP contribution in [0, 0.1) is 5.82 Å². The number of aromatic hydroxyl groups is 1. The van der Waals surface area contributed by atoms with E-state index in [4.69, 9.17) is 4.98 Å². The van der Waals surface area contributed by atoms with Crippen LogP contribution in [0.1, 0.15) is 25.0 Å². The molecule has 0 aliphatic heterocycles. The molecule has 0 unspecified atom stereocenters. The Hall–Kier alpha value is -3.38. The van der Waals surface area contributed by atoms with E-state index in [0.717, 1.165) is 35.2 Å². The van der Waals surface area contributed by atoms with E-state index in [-0.39, 0.29) is 11.6 Å². The van der Waals surface area contributed by atoms with Crippen molar-refractivity contribution in [1.29, 1.82) is 0 Å². The zero-order chi connectivity index (χ0) is 21.8. The number of nitrogens with zero attached hydrogens (tertiary/aromatic N) is 3. The van der Waals surface area contributed by atoms with Crippen molar-refractivity contribution in [2.45, 2.75) is 26.9 Å². The predicted molar refractivity (Wildman–Crippen MR) is 123 cm³/mol. The van der Waals surface area contributed by atoms with Crippen molar-refractivity contribution in [2.24, 2.45) is 0 Å². The van der Waals surface area contributed by atoms with Crippen LogP contribution in [0.5, 0.6) is 5.75 Å². The SMILES string of the molecule is CCN(CC)Cc1cccc(Nc2nc3ccccc3n2Cc2ccc(F)cc2)c1O. The van der Waals surface area contributed by atoms with Crippen LogP contribution in [-0.4, -0.2) is 32.6 Å². The van der Waals surface area contributed by atoms with Gasteiger partial charge in [-0.2, -0.15) is 0 Å². The third-order valence-electron chi connectivity index (χ3n) is 5.56. The van der Waals surface area contributed by atoms with E-state index in [2.05, 4.69) is 24.1 Å². The zero-order valence-electron chi connectivity index (χ0n) is 17.8. The highest BCUT2D eigenvalue weighted by molar-refractivity contribution is 5.80. The highest BCUT2D eigenvalue weighted by atomic mass is 19.1. The molecule has 0 fully saturated rings. The number of phenolic OH excluding ortho intramolecular Hbond substituents is 1. The Morgan fingerprint density at radius 2 is 1.71 bits per heavy atom. The number of hydrogen-bond donors (Lipinski definition) is 2. The van der Waals surface area contributed by atoms with Gasteiger partial charge < -0.3 is 15.0 Å². The van der Waals surface area contributed by atoms with Crippen LogP contribution in [0.2, 0.25) is 0 Å². The van der Waals surface area contributed by atoms with Gasteiger partial charge in [0, 0.05) is 12.1 Å². The van der Waals surface area contributed by atoms with Crippen molar-refractivity contribution in [3.8, 4) is 5.75 Å². The molecule has 1 aromatic heterocycles. The lowest BCUT2D eigenvalue weighted by Crippen LogP contribution is -2.22. The molecular formula is C25H27FN4O. The third kappa shape index (κ3) is 4.54. The molecule has 0 radical (unpaired) electrons. The van der Waals surface area contributed by atoms with Gasteiger partial charge >= 0.3 is 0 Å². The Morgan fingerprint density at radius 3 is 2.45 bits per heavy atom. The molecule has 2 N–H and O–H groups in total. The van der Waals surface area contributed by atoms with Gasteiger partial charge in [-0.15, -0.1) is 0 Å². The zero-order valence-corrected chi connectivity index (χ0v) is 17.8. The minimum Gasteiger partial charge on any atom is -0.505 e. The summed E-state index contributed by atoms with van der Waals surface area (Å²) in [5, 5.41) is 14.2. The summed E-state index contributed by atoms with van der Waals surface area (Å²) in [5.41, 5.74) is 4.27. The summed E-state index contributed by atoms with van der Waals surface area (Å²) < 4.78 is 15.4. The van der Waals surface area contributed by atoms with E-state index in [1.165, 1.54) is 12.1 Å². The molecule has 160 valence electrons. The molecule has 6 heteroatoms. The molecule has 5 nitrogen and oxygen atoms in total. The van der Waals surface area contributed by atoms with Gasteiger partial charge in [-0.1, -0.05) is 50.2 Å². The first-order chi connectivity index (χ1) is 15.1.